The number of allylic oxidation sites excluding steroid dienone is 17. The van der Waals surface area contributed by atoms with Crippen LogP contribution in [-0.2, 0) is 33.2 Å². The molecule has 17 atom stereocenters. The van der Waals surface area contributed by atoms with Gasteiger partial charge in [-0.15, -0.1) is 0 Å². The van der Waals surface area contributed by atoms with Crippen molar-refractivity contribution in [2.24, 2.45) is 0 Å². The highest BCUT2D eigenvalue weighted by Gasteiger charge is 2.54. The number of hydrogen-bond donors (Lipinski definition) is 12. The van der Waals surface area contributed by atoms with Crippen LogP contribution in [0, 0.1) is 0 Å². The Morgan fingerprint density at radius 3 is 1.01 bits per heavy atom. The fraction of sp³-hybridized carbons (Fsp3) is 0.793. The molecular formula is C92H161NO18. The Bertz CT molecular complexity index is 2430. The van der Waals surface area contributed by atoms with Gasteiger partial charge in [-0.05, 0) is 96.3 Å². The summed E-state index contributed by atoms with van der Waals surface area (Å²) in [6.45, 7) is 1.63. The number of carbonyl (C=O) groups excluding carboxylic acids is 1. The number of ether oxygens (including phenoxy) is 6. The molecule has 0 saturated carbocycles. The van der Waals surface area contributed by atoms with Crippen molar-refractivity contribution in [1.82, 2.24) is 5.32 Å². The van der Waals surface area contributed by atoms with Gasteiger partial charge < -0.3 is 89.9 Å². The number of aliphatic hydroxyl groups excluding tert-OH is 11. The number of amides is 1. The van der Waals surface area contributed by atoms with Gasteiger partial charge in [-0.1, -0.05) is 342 Å². The molecule has 19 heteroatoms. The van der Waals surface area contributed by atoms with Crippen molar-refractivity contribution in [3.05, 3.63) is 109 Å². The Balaban J connectivity index is 1.32. The second kappa shape index (κ2) is 70.6. The predicted molar refractivity (Wildman–Crippen MR) is 447 cm³/mol. The van der Waals surface area contributed by atoms with Gasteiger partial charge in [0.2, 0.25) is 5.91 Å². The van der Waals surface area contributed by atoms with E-state index in [1.165, 1.54) is 218 Å². The number of hydrogen-bond acceptors (Lipinski definition) is 18. The van der Waals surface area contributed by atoms with E-state index in [0.717, 1.165) is 83.5 Å². The summed E-state index contributed by atoms with van der Waals surface area (Å²) in [7, 11) is 0. The van der Waals surface area contributed by atoms with Gasteiger partial charge in [0, 0.05) is 6.42 Å². The lowest BCUT2D eigenvalue weighted by molar-refractivity contribution is -0.379. The van der Waals surface area contributed by atoms with Gasteiger partial charge in [-0.25, -0.2) is 0 Å². The standard InChI is InChI=1S/C92H161NO18/c1-3-5-7-9-11-13-15-17-19-21-23-25-27-29-30-31-32-33-34-35-36-37-38-39-40-41-42-43-44-46-48-50-52-54-56-58-60-62-64-66-68-70-80(98)93-75(76(97)69-67-65-63-61-59-57-55-53-51-49-47-45-28-26-24-22-20-18-16-14-12-10-8-6-4-2)74-106-90-86(104)83(101)88(78(72-95)108-90)111-92-87(105)84(102)89(79(73-96)109-92)110-91-85(103)82(100)81(99)77(71-94)107-91/h5,7,11,13,17,19,23,25,29-30,32-33,51,53,59,61,67,69,75-79,81-92,94-97,99-105H,3-4,6,8-10,12,14-16,18,20-22,24,26-28,31,34-50,52,54-58,60,62-66,68,70-74H2,1-2H3,(H,93,98)/b7-5-,13-11-,19-17-,25-23-,30-29-,33-32-,53-51+,61-59+,69-67+. The second-order valence-corrected chi connectivity index (χ2v) is 31.3. The minimum Gasteiger partial charge on any atom is -0.394 e. The van der Waals surface area contributed by atoms with Crippen molar-refractivity contribution < 1.29 is 89.4 Å². The number of nitrogens with one attached hydrogen (secondary N) is 1. The minimum atomic E-state index is -1.99. The van der Waals surface area contributed by atoms with Gasteiger partial charge in [0.1, 0.15) is 73.2 Å². The molecule has 3 aliphatic rings. The summed E-state index contributed by atoms with van der Waals surface area (Å²) in [6, 6.07) is -1.00. The molecule has 0 aromatic heterocycles. The molecule has 0 aromatic carbocycles. The van der Waals surface area contributed by atoms with Crippen LogP contribution < -0.4 is 5.32 Å². The van der Waals surface area contributed by atoms with Crippen molar-refractivity contribution in [2.75, 3.05) is 26.4 Å². The van der Waals surface area contributed by atoms with E-state index in [0.29, 0.717) is 12.8 Å². The van der Waals surface area contributed by atoms with E-state index < -0.39 is 124 Å². The first kappa shape index (κ1) is 102. The number of unbranched alkanes of at least 4 members (excludes halogenated alkanes) is 39. The Hall–Kier alpha value is -3.55. The highest BCUT2D eigenvalue weighted by molar-refractivity contribution is 5.76. The van der Waals surface area contributed by atoms with Crippen LogP contribution in [0.25, 0.3) is 0 Å². The molecule has 19 nitrogen and oxygen atoms in total. The zero-order valence-electron chi connectivity index (χ0n) is 69.2. The lowest BCUT2D eigenvalue weighted by Gasteiger charge is -2.48. The average Bonchev–Trinajstić information content (AvgIpc) is 0.780. The largest absolute Gasteiger partial charge is 0.394 e. The molecule has 12 N–H and O–H groups in total. The Kier molecular flexibility index (Phi) is 64.7. The summed E-state index contributed by atoms with van der Waals surface area (Å²) in [5.74, 6) is -0.286. The molecule has 3 aliphatic heterocycles. The van der Waals surface area contributed by atoms with Crippen LogP contribution >= 0.6 is 0 Å². The minimum absolute atomic E-state index is 0.231. The zero-order chi connectivity index (χ0) is 80.3. The molecule has 111 heavy (non-hydrogen) atoms. The van der Waals surface area contributed by atoms with Crippen molar-refractivity contribution in [3.8, 4) is 0 Å². The molecule has 1 amide bonds. The molecule has 0 spiro atoms. The SMILES string of the molecule is CC/C=C\C/C=C\C/C=C\C/C=C\C/C=C\C/C=C\CCCCCCCCCCCCCCCCCCCCCCCCC(=O)NC(COC1OC(CO)C(OC2OC(CO)C(OC3OC(CO)C(O)C(O)C3O)C(O)C2O)C(O)C1O)C(O)/C=C/CC/C=C/CC/C=C/CCCCCCCCCCCCCCCCC. The maximum Gasteiger partial charge on any atom is 0.220 e. The number of aliphatic hydroxyl groups is 11. The van der Waals surface area contributed by atoms with E-state index in [1.54, 1.807) is 6.08 Å². The van der Waals surface area contributed by atoms with Crippen LogP contribution in [0.4, 0.5) is 0 Å². The van der Waals surface area contributed by atoms with Crippen molar-refractivity contribution in [2.45, 2.75) is 439 Å². The van der Waals surface area contributed by atoms with Crippen LogP contribution in [-0.4, -0.2) is 193 Å². The molecule has 0 aromatic rings. The predicted octanol–water partition coefficient (Wildman–Crippen LogP) is 16.8. The third-order valence-corrected chi connectivity index (χ3v) is 21.5. The second-order valence-electron chi connectivity index (χ2n) is 31.3. The van der Waals surface area contributed by atoms with Gasteiger partial charge >= 0.3 is 0 Å². The maximum atomic E-state index is 13.5. The quantitative estimate of drug-likeness (QED) is 0.0199. The Labute approximate surface area is 672 Å². The van der Waals surface area contributed by atoms with E-state index in [4.69, 9.17) is 28.4 Å². The molecule has 3 rings (SSSR count). The van der Waals surface area contributed by atoms with Crippen LogP contribution in [0.15, 0.2) is 109 Å². The summed E-state index contributed by atoms with van der Waals surface area (Å²) in [5.41, 5.74) is 0. The first-order valence-corrected chi connectivity index (χ1v) is 44.6. The fourth-order valence-electron chi connectivity index (χ4n) is 14.5. The molecule has 3 heterocycles. The topological polar surface area (TPSA) is 307 Å². The van der Waals surface area contributed by atoms with Crippen LogP contribution in [0.2, 0.25) is 0 Å². The summed E-state index contributed by atoms with van der Waals surface area (Å²) >= 11 is 0. The van der Waals surface area contributed by atoms with Gasteiger partial charge in [0.15, 0.2) is 18.9 Å². The molecule has 3 saturated heterocycles. The van der Waals surface area contributed by atoms with Gasteiger partial charge in [-0.3, -0.25) is 4.79 Å². The average molecular weight is 1570 g/mol. The van der Waals surface area contributed by atoms with Gasteiger partial charge in [0.25, 0.3) is 0 Å². The molecular weight excluding hydrogens is 1410 g/mol. The summed E-state index contributed by atoms with van der Waals surface area (Å²) < 4.78 is 34.5. The number of carbonyl (C=O) groups is 1. The third kappa shape index (κ3) is 49.3. The smallest absolute Gasteiger partial charge is 0.220 e. The fourth-order valence-corrected chi connectivity index (χ4v) is 14.5. The van der Waals surface area contributed by atoms with Gasteiger partial charge in [-0.2, -0.15) is 0 Å². The maximum absolute atomic E-state index is 13.5. The first-order valence-electron chi connectivity index (χ1n) is 44.6. The van der Waals surface area contributed by atoms with Crippen molar-refractivity contribution >= 4 is 5.91 Å². The highest BCUT2D eigenvalue weighted by Crippen LogP contribution is 2.33. The first-order chi connectivity index (χ1) is 54.3. The van der Waals surface area contributed by atoms with E-state index >= 15 is 0 Å². The van der Waals surface area contributed by atoms with E-state index in [-0.39, 0.29) is 18.9 Å². The Morgan fingerprint density at radius 2 is 0.631 bits per heavy atom. The molecule has 0 aliphatic carbocycles. The normalized spacial score (nSPS) is 25.6. The summed E-state index contributed by atoms with van der Waals surface area (Å²) in [5, 5.41) is 121. The van der Waals surface area contributed by atoms with E-state index in [1.807, 2.05) is 6.08 Å². The van der Waals surface area contributed by atoms with E-state index in [9.17, 15) is 61.0 Å². The molecule has 17 unspecified atom stereocenters. The molecule has 642 valence electrons. The van der Waals surface area contributed by atoms with Crippen LogP contribution in [0.3, 0.4) is 0 Å². The monoisotopic (exact) mass is 1570 g/mol. The summed E-state index contributed by atoms with van der Waals surface area (Å²) in [6.07, 6.45) is 72.4. The Morgan fingerprint density at radius 1 is 0.333 bits per heavy atom. The third-order valence-electron chi connectivity index (χ3n) is 21.5. The van der Waals surface area contributed by atoms with Crippen LogP contribution in [0.5, 0.6) is 0 Å². The van der Waals surface area contributed by atoms with Crippen molar-refractivity contribution in [3.63, 3.8) is 0 Å². The van der Waals surface area contributed by atoms with Crippen LogP contribution in [0.1, 0.15) is 335 Å². The molecule has 0 bridgehead atoms. The lowest BCUT2D eigenvalue weighted by atomic mass is 9.96. The summed E-state index contributed by atoms with van der Waals surface area (Å²) in [4.78, 5) is 13.5. The lowest BCUT2D eigenvalue weighted by Crippen LogP contribution is -2.66. The highest BCUT2D eigenvalue weighted by atomic mass is 16.8. The molecule has 3 fully saturated rings. The van der Waals surface area contributed by atoms with E-state index in [2.05, 4.69) is 116 Å². The molecule has 0 radical (unpaired) electrons. The van der Waals surface area contributed by atoms with Gasteiger partial charge in [0.05, 0.1) is 38.6 Å². The number of rotatable bonds is 71. The zero-order valence-corrected chi connectivity index (χ0v) is 69.2. The van der Waals surface area contributed by atoms with Crippen molar-refractivity contribution in [1.29, 1.82) is 0 Å².